The zero-order valence-corrected chi connectivity index (χ0v) is 6.79. The van der Waals surface area contributed by atoms with Crippen LogP contribution in [0.1, 0.15) is 5.56 Å². The molecule has 0 fully saturated rings. The van der Waals surface area contributed by atoms with Crippen LogP contribution in [0.25, 0.3) is 5.57 Å². The molecule has 0 saturated heterocycles. The highest BCUT2D eigenvalue weighted by molar-refractivity contribution is 5.95. The van der Waals surface area contributed by atoms with Gasteiger partial charge in [0.05, 0.1) is 0 Å². The number of carbonyl (C=O) groups excluding carboxylic acids is 1. The lowest BCUT2D eigenvalue weighted by Crippen LogP contribution is -1.91. The predicted octanol–water partition coefficient (Wildman–Crippen LogP) is 1.77. The maximum Gasteiger partial charge on any atom is 0.331 e. The molecule has 1 aromatic rings. The van der Waals surface area contributed by atoms with Gasteiger partial charge < -0.3 is 4.74 Å². The Kier molecular flexibility index (Phi) is 1.85. The molecule has 0 amide bonds. The molecular weight excluding hydrogens is 171 g/mol. The smallest absolute Gasteiger partial charge is 0.331 e. The molecule has 0 aromatic heterocycles. The summed E-state index contributed by atoms with van der Waals surface area (Å²) in [6.07, 6.45) is 1.42. The molecule has 3 heteroatoms. The molecule has 0 unspecified atom stereocenters. The lowest BCUT2D eigenvalue weighted by Gasteiger charge is -1.99. The van der Waals surface area contributed by atoms with E-state index in [1.54, 1.807) is 12.1 Å². The van der Waals surface area contributed by atoms with Crippen LogP contribution in [0.5, 0.6) is 0 Å². The molecule has 0 saturated carbocycles. The third-order valence-electron chi connectivity index (χ3n) is 1.88. The van der Waals surface area contributed by atoms with Gasteiger partial charge in [0, 0.05) is 11.6 Å². The lowest BCUT2D eigenvalue weighted by atomic mass is 10.1. The van der Waals surface area contributed by atoms with Gasteiger partial charge in [-0.15, -0.1) is 0 Å². The molecule has 2 nitrogen and oxygen atoms in total. The topological polar surface area (TPSA) is 26.3 Å². The van der Waals surface area contributed by atoms with Crippen LogP contribution >= 0.6 is 0 Å². The van der Waals surface area contributed by atoms with Crippen molar-refractivity contribution in [2.75, 3.05) is 6.61 Å². The normalized spacial score (nSPS) is 15.5. The van der Waals surface area contributed by atoms with Crippen molar-refractivity contribution in [2.45, 2.75) is 0 Å². The van der Waals surface area contributed by atoms with Gasteiger partial charge in [0.25, 0.3) is 0 Å². The maximum atomic E-state index is 12.5. The second-order valence-corrected chi connectivity index (χ2v) is 2.78. The van der Waals surface area contributed by atoms with Crippen molar-refractivity contribution in [3.05, 3.63) is 41.7 Å². The van der Waals surface area contributed by atoms with Gasteiger partial charge in [-0.3, -0.25) is 0 Å². The first-order valence-electron chi connectivity index (χ1n) is 3.89. The van der Waals surface area contributed by atoms with Gasteiger partial charge in [-0.25, -0.2) is 9.18 Å². The molecular formula is C10H7FO2. The fourth-order valence-electron chi connectivity index (χ4n) is 1.21. The van der Waals surface area contributed by atoms with Gasteiger partial charge in [0.2, 0.25) is 0 Å². The molecule has 1 heterocycles. The quantitative estimate of drug-likeness (QED) is 0.612. The maximum absolute atomic E-state index is 12.5. The average Bonchev–Trinajstić information content (AvgIpc) is 2.53. The van der Waals surface area contributed by atoms with Gasteiger partial charge >= 0.3 is 5.97 Å². The summed E-state index contributed by atoms with van der Waals surface area (Å²) in [5.74, 6) is -0.617. The number of esters is 1. The monoisotopic (exact) mass is 178 g/mol. The number of cyclic esters (lactones) is 1. The first kappa shape index (κ1) is 7.98. The molecule has 0 N–H and O–H groups in total. The predicted molar refractivity (Wildman–Crippen MR) is 45.3 cm³/mol. The standard InChI is InChI=1S/C10H7FO2/c11-9-3-1-7(2-4-9)8-5-10(12)13-6-8/h1-5H,6H2. The molecule has 66 valence electrons. The number of carbonyl (C=O) groups is 1. The van der Waals surface area contributed by atoms with Gasteiger partial charge in [-0.2, -0.15) is 0 Å². The zero-order valence-electron chi connectivity index (χ0n) is 6.79. The number of hydrogen-bond donors (Lipinski definition) is 0. The average molecular weight is 178 g/mol. The largest absolute Gasteiger partial charge is 0.458 e. The summed E-state index contributed by atoms with van der Waals surface area (Å²) >= 11 is 0. The van der Waals surface area contributed by atoms with E-state index in [1.807, 2.05) is 0 Å². The molecule has 2 rings (SSSR count). The SMILES string of the molecule is O=C1C=C(c2ccc(F)cc2)CO1. The van der Waals surface area contributed by atoms with Gasteiger partial charge in [0.1, 0.15) is 12.4 Å². The molecule has 0 atom stereocenters. The third-order valence-corrected chi connectivity index (χ3v) is 1.88. The summed E-state index contributed by atoms with van der Waals surface area (Å²) in [5.41, 5.74) is 1.62. The van der Waals surface area contributed by atoms with E-state index >= 15 is 0 Å². The van der Waals surface area contributed by atoms with Crippen molar-refractivity contribution in [1.82, 2.24) is 0 Å². The Bertz CT molecular complexity index is 365. The fourth-order valence-corrected chi connectivity index (χ4v) is 1.21. The molecule has 13 heavy (non-hydrogen) atoms. The highest BCUT2D eigenvalue weighted by Crippen LogP contribution is 2.19. The minimum Gasteiger partial charge on any atom is -0.458 e. The van der Waals surface area contributed by atoms with Crippen LogP contribution in [0.3, 0.4) is 0 Å². The van der Waals surface area contributed by atoms with E-state index in [4.69, 9.17) is 4.74 Å². The first-order chi connectivity index (χ1) is 6.25. The second kappa shape index (κ2) is 3.01. The van der Waals surface area contributed by atoms with Gasteiger partial charge in [0.15, 0.2) is 0 Å². The number of hydrogen-bond acceptors (Lipinski definition) is 2. The van der Waals surface area contributed by atoms with E-state index in [1.165, 1.54) is 18.2 Å². The van der Waals surface area contributed by atoms with Crippen molar-refractivity contribution < 1.29 is 13.9 Å². The molecule has 0 radical (unpaired) electrons. The summed E-state index contributed by atoms with van der Waals surface area (Å²) in [5, 5.41) is 0. The molecule has 0 aliphatic carbocycles. The van der Waals surface area contributed by atoms with Crippen LogP contribution in [-0.4, -0.2) is 12.6 Å². The summed E-state index contributed by atoms with van der Waals surface area (Å²) in [6.45, 7) is 0.282. The summed E-state index contributed by atoms with van der Waals surface area (Å²) in [6, 6.07) is 5.98. The van der Waals surface area contributed by atoms with Gasteiger partial charge in [-0.05, 0) is 17.7 Å². The van der Waals surface area contributed by atoms with Crippen molar-refractivity contribution in [3.63, 3.8) is 0 Å². The zero-order chi connectivity index (χ0) is 9.26. The Morgan fingerprint density at radius 2 is 1.92 bits per heavy atom. The van der Waals surface area contributed by atoms with Crippen molar-refractivity contribution in [3.8, 4) is 0 Å². The molecule has 1 aliphatic heterocycles. The van der Waals surface area contributed by atoms with Gasteiger partial charge in [-0.1, -0.05) is 12.1 Å². The van der Waals surface area contributed by atoms with Crippen LogP contribution in [0.2, 0.25) is 0 Å². The molecule has 0 bridgehead atoms. The van der Waals surface area contributed by atoms with Crippen LogP contribution in [0.15, 0.2) is 30.3 Å². The highest BCUT2D eigenvalue weighted by atomic mass is 19.1. The minimum absolute atomic E-state index is 0.282. The number of benzene rings is 1. The van der Waals surface area contributed by atoms with Crippen molar-refractivity contribution >= 4 is 11.5 Å². The molecule has 1 aromatic carbocycles. The number of halogens is 1. The summed E-state index contributed by atoms with van der Waals surface area (Å²) in [4.78, 5) is 10.7. The van der Waals surface area contributed by atoms with E-state index in [9.17, 15) is 9.18 Å². The van der Waals surface area contributed by atoms with Crippen LogP contribution in [0.4, 0.5) is 4.39 Å². The summed E-state index contributed by atoms with van der Waals surface area (Å²) < 4.78 is 17.3. The third kappa shape index (κ3) is 1.59. The molecule has 1 aliphatic rings. The highest BCUT2D eigenvalue weighted by Gasteiger charge is 2.13. The Labute approximate surface area is 74.6 Å². The van der Waals surface area contributed by atoms with Crippen LogP contribution < -0.4 is 0 Å². The van der Waals surface area contributed by atoms with Crippen molar-refractivity contribution in [1.29, 1.82) is 0 Å². The Hall–Kier alpha value is -1.64. The first-order valence-corrected chi connectivity index (χ1v) is 3.89. The Balaban J connectivity index is 2.31. The van der Waals surface area contributed by atoms with E-state index in [2.05, 4.69) is 0 Å². The summed E-state index contributed by atoms with van der Waals surface area (Å²) in [7, 11) is 0. The fraction of sp³-hybridized carbons (Fsp3) is 0.100. The Morgan fingerprint density at radius 1 is 1.23 bits per heavy atom. The minimum atomic E-state index is -0.334. The van der Waals surface area contributed by atoms with Crippen LogP contribution in [-0.2, 0) is 9.53 Å². The van der Waals surface area contributed by atoms with E-state index in [0.717, 1.165) is 11.1 Å². The number of rotatable bonds is 1. The van der Waals surface area contributed by atoms with Crippen LogP contribution in [0, 0.1) is 5.82 Å². The number of ether oxygens (including phenoxy) is 1. The van der Waals surface area contributed by atoms with E-state index in [-0.39, 0.29) is 18.4 Å². The molecule has 0 spiro atoms. The van der Waals surface area contributed by atoms with Crippen molar-refractivity contribution in [2.24, 2.45) is 0 Å². The second-order valence-electron chi connectivity index (χ2n) is 2.78. The lowest BCUT2D eigenvalue weighted by molar-refractivity contribution is -0.134. The van der Waals surface area contributed by atoms with E-state index < -0.39 is 0 Å². The Morgan fingerprint density at radius 3 is 2.46 bits per heavy atom. The van der Waals surface area contributed by atoms with E-state index in [0.29, 0.717) is 0 Å².